The maximum atomic E-state index is 9.51. The molecule has 0 saturated carbocycles. The van der Waals surface area contributed by atoms with Crippen LogP contribution in [0, 0.1) is 5.92 Å². The fourth-order valence-corrected chi connectivity index (χ4v) is 4.03. The van der Waals surface area contributed by atoms with Crippen LogP contribution in [-0.4, -0.2) is 11.7 Å². The van der Waals surface area contributed by atoms with Crippen LogP contribution in [0.1, 0.15) is 41.5 Å². The van der Waals surface area contributed by atoms with Gasteiger partial charge in [-0.3, -0.25) is 0 Å². The fourth-order valence-electron chi connectivity index (χ4n) is 4.03. The van der Waals surface area contributed by atoms with Crippen molar-refractivity contribution in [2.45, 2.75) is 24.8 Å². The third-order valence-corrected chi connectivity index (χ3v) is 4.85. The lowest BCUT2D eigenvalue weighted by Gasteiger charge is -2.31. The normalized spacial score (nSPS) is 27.9. The first-order chi connectivity index (χ1) is 9.84. The van der Waals surface area contributed by atoms with E-state index in [2.05, 4.69) is 41.7 Å². The van der Waals surface area contributed by atoms with E-state index in [1.54, 1.807) is 0 Å². The van der Waals surface area contributed by atoms with Gasteiger partial charge >= 0.3 is 0 Å². The first kappa shape index (κ1) is 12.0. The molecule has 0 spiro atoms. The Kier molecular flexibility index (Phi) is 2.78. The lowest BCUT2D eigenvalue weighted by atomic mass is 9.80. The molecule has 2 aromatic carbocycles. The number of aromatic hydroxyl groups is 1. The van der Waals surface area contributed by atoms with Gasteiger partial charge in [-0.25, -0.2) is 0 Å². The Labute approximate surface area is 119 Å². The second kappa shape index (κ2) is 4.64. The quantitative estimate of drug-likeness (QED) is 0.826. The summed E-state index contributed by atoms with van der Waals surface area (Å²) in [7, 11) is 0. The highest BCUT2D eigenvalue weighted by atomic mass is 16.3. The molecule has 102 valence electrons. The van der Waals surface area contributed by atoms with Gasteiger partial charge in [0, 0.05) is 12.0 Å². The maximum Gasteiger partial charge on any atom is 0.115 e. The molecule has 2 nitrogen and oxygen atoms in total. The van der Waals surface area contributed by atoms with Crippen molar-refractivity contribution in [3.63, 3.8) is 0 Å². The summed E-state index contributed by atoms with van der Waals surface area (Å²) >= 11 is 0. The summed E-state index contributed by atoms with van der Waals surface area (Å²) < 4.78 is 0. The largest absolute Gasteiger partial charge is 0.508 e. The van der Waals surface area contributed by atoms with Crippen molar-refractivity contribution in [3.05, 3.63) is 65.2 Å². The zero-order valence-corrected chi connectivity index (χ0v) is 11.4. The number of benzene rings is 2. The lowest BCUT2D eigenvalue weighted by Crippen LogP contribution is -2.32. The van der Waals surface area contributed by atoms with Gasteiger partial charge in [0.2, 0.25) is 0 Å². The van der Waals surface area contributed by atoms with Gasteiger partial charge in [0.05, 0.1) is 0 Å². The van der Waals surface area contributed by atoms with Crippen LogP contribution in [0.3, 0.4) is 0 Å². The van der Waals surface area contributed by atoms with Gasteiger partial charge in [-0.15, -0.1) is 0 Å². The summed E-state index contributed by atoms with van der Waals surface area (Å²) in [6.07, 6.45) is 2.53. The number of hydrogen-bond acceptors (Lipinski definition) is 2. The number of piperidine rings is 1. The third-order valence-electron chi connectivity index (χ3n) is 4.85. The zero-order chi connectivity index (χ0) is 13.5. The van der Waals surface area contributed by atoms with Crippen molar-refractivity contribution in [2.24, 2.45) is 5.92 Å². The van der Waals surface area contributed by atoms with Crippen LogP contribution in [-0.2, 0) is 0 Å². The smallest absolute Gasteiger partial charge is 0.115 e. The molecule has 1 saturated heterocycles. The highest BCUT2D eigenvalue weighted by Gasteiger charge is 2.41. The van der Waals surface area contributed by atoms with Crippen molar-refractivity contribution in [1.82, 2.24) is 5.32 Å². The number of nitrogens with one attached hydrogen (secondary N) is 1. The molecule has 0 radical (unpaired) electrons. The predicted octanol–water partition coefficient (Wildman–Crippen LogP) is 3.58. The average Bonchev–Trinajstić information content (AvgIpc) is 2.83. The Morgan fingerprint density at radius 3 is 2.50 bits per heavy atom. The van der Waals surface area contributed by atoms with Crippen molar-refractivity contribution in [3.8, 4) is 5.75 Å². The summed E-state index contributed by atoms with van der Waals surface area (Å²) in [5.41, 5.74) is 4.25. The molecule has 2 N–H and O–H groups in total. The van der Waals surface area contributed by atoms with Gasteiger partial charge < -0.3 is 10.4 Å². The first-order valence-electron chi connectivity index (χ1n) is 7.46. The molecule has 0 amide bonds. The molecule has 2 aliphatic rings. The van der Waals surface area contributed by atoms with Crippen molar-refractivity contribution in [2.75, 3.05) is 6.54 Å². The summed E-state index contributed by atoms with van der Waals surface area (Å²) in [5, 5.41) is 13.2. The molecule has 0 bridgehead atoms. The summed E-state index contributed by atoms with van der Waals surface area (Å²) in [5.74, 6) is 1.45. The highest BCUT2D eigenvalue weighted by Crippen LogP contribution is 2.51. The Morgan fingerprint density at radius 2 is 1.70 bits per heavy atom. The molecule has 1 heterocycles. The highest BCUT2D eigenvalue weighted by molar-refractivity contribution is 5.47. The Hall–Kier alpha value is -1.80. The second-order valence-corrected chi connectivity index (χ2v) is 5.94. The molecule has 2 aromatic rings. The van der Waals surface area contributed by atoms with Crippen LogP contribution in [0.15, 0.2) is 48.5 Å². The van der Waals surface area contributed by atoms with Crippen LogP contribution in [0.2, 0.25) is 0 Å². The zero-order valence-electron chi connectivity index (χ0n) is 11.4. The van der Waals surface area contributed by atoms with E-state index in [9.17, 15) is 5.11 Å². The lowest BCUT2D eigenvalue weighted by molar-refractivity contribution is 0.287. The van der Waals surface area contributed by atoms with E-state index in [1.165, 1.54) is 29.5 Å². The summed E-state index contributed by atoms with van der Waals surface area (Å²) in [6, 6.07) is 17.1. The molecular weight excluding hydrogens is 246 g/mol. The van der Waals surface area contributed by atoms with Crippen LogP contribution in [0.4, 0.5) is 0 Å². The molecule has 3 atom stereocenters. The van der Waals surface area contributed by atoms with E-state index in [-0.39, 0.29) is 0 Å². The summed E-state index contributed by atoms with van der Waals surface area (Å²) in [6.45, 7) is 1.12. The average molecular weight is 265 g/mol. The van der Waals surface area contributed by atoms with Crippen LogP contribution in [0.25, 0.3) is 0 Å². The molecule has 2 heteroatoms. The molecule has 0 aromatic heterocycles. The minimum absolute atomic E-state index is 0.346. The predicted molar refractivity (Wildman–Crippen MR) is 79.9 cm³/mol. The Bertz CT molecular complexity index is 620. The standard InChI is InChI=1S/C18H19NO/c20-13-9-7-12(8-10-13)17-14-4-1-2-5-15(14)18-16(17)6-3-11-19-18/h1-2,4-5,7-10,16-20H,3,6,11H2/t16-,17+,18+/m0/s1. The monoisotopic (exact) mass is 265 g/mol. The molecule has 0 unspecified atom stereocenters. The minimum Gasteiger partial charge on any atom is -0.508 e. The molecular formula is C18H19NO. The third kappa shape index (κ3) is 1.75. The van der Waals surface area contributed by atoms with Crippen LogP contribution in [0.5, 0.6) is 5.75 Å². The number of fused-ring (bicyclic) bond motifs is 3. The summed E-state index contributed by atoms with van der Waals surface area (Å²) in [4.78, 5) is 0. The Morgan fingerprint density at radius 1 is 0.950 bits per heavy atom. The van der Waals surface area contributed by atoms with E-state index >= 15 is 0 Å². The SMILES string of the molecule is Oc1ccc([C@@H]2c3ccccc3[C@H]3NCCC[C@@H]23)cc1. The first-order valence-corrected chi connectivity index (χ1v) is 7.46. The fraction of sp³-hybridized carbons (Fsp3) is 0.333. The van der Waals surface area contributed by atoms with E-state index in [1.807, 2.05) is 12.1 Å². The van der Waals surface area contributed by atoms with Gasteiger partial charge in [0.1, 0.15) is 5.75 Å². The van der Waals surface area contributed by atoms with Crippen molar-refractivity contribution in [1.29, 1.82) is 0 Å². The number of phenolic OH excluding ortho intramolecular Hbond substituents is 1. The van der Waals surface area contributed by atoms with Gasteiger partial charge in [-0.1, -0.05) is 36.4 Å². The van der Waals surface area contributed by atoms with Crippen LogP contribution >= 0.6 is 0 Å². The molecule has 1 fully saturated rings. The number of phenols is 1. The van der Waals surface area contributed by atoms with Gasteiger partial charge in [-0.2, -0.15) is 0 Å². The topological polar surface area (TPSA) is 32.3 Å². The Balaban J connectivity index is 1.83. The van der Waals surface area contributed by atoms with Crippen LogP contribution < -0.4 is 5.32 Å². The van der Waals surface area contributed by atoms with Crippen molar-refractivity contribution < 1.29 is 5.11 Å². The molecule has 20 heavy (non-hydrogen) atoms. The van der Waals surface area contributed by atoms with Gasteiger partial charge in [0.15, 0.2) is 0 Å². The minimum atomic E-state index is 0.346. The second-order valence-electron chi connectivity index (χ2n) is 5.94. The van der Waals surface area contributed by atoms with Gasteiger partial charge in [-0.05, 0) is 54.1 Å². The van der Waals surface area contributed by atoms with Crippen molar-refractivity contribution >= 4 is 0 Å². The van der Waals surface area contributed by atoms with E-state index in [0.29, 0.717) is 23.6 Å². The molecule has 4 rings (SSSR count). The van der Waals surface area contributed by atoms with E-state index in [4.69, 9.17) is 0 Å². The van der Waals surface area contributed by atoms with Gasteiger partial charge in [0.25, 0.3) is 0 Å². The van der Waals surface area contributed by atoms with E-state index < -0.39 is 0 Å². The molecule has 1 aliphatic heterocycles. The number of hydrogen-bond donors (Lipinski definition) is 2. The molecule has 1 aliphatic carbocycles. The maximum absolute atomic E-state index is 9.51. The van der Waals surface area contributed by atoms with E-state index in [0.717, 1.165) is 6.54 Å². The number of rotatable bonds is 1.